The number of aliphatic hydroxyl groups is 1. The minimum atomic E-state index is -4.57. The van der Waals surface area contributed by atoms with E-state index in [9.17, 15) is 36.2 Å². The summed E-state index contributed by atoms with van der Waals surface area (Å²) in [4.78, 5) is 12.5. The Bertz CT molecular complexity index is 986. The van der Waals surface area contributed by atoms with Crippen LogP contribution < -0.4 is 10.1 Å². The van der Waals surface area contributed by atoms with E-state index in [4.69, 9.17) is 0 Å². The molecule has 1 saturated carbocycles. The van der Waals surface area contributed by atoms with Gasteiger partial charge in [0.05, 0.1) is 17.6 Å². The first-order valence-corrected chi connectivity index (χ1v) is 9.30. The Hall–Kier alpha value is -2.75. The fraction of sp³-hybridized carbons (Fsp3) is 0.381. The van der Waals surface area contributed by atoms with Crippen LogP contribution >= 0.6 is 0 Å². The van der Waals surface area contributed by atoms with Gasteiger partial charge in [-0.15, -0.1) is 0 Å². The second-order valence-corrected chi connectivity index (χ2v) is 7.75. The van der Waals surface area contributed by atoms with Crippen molar-refractivity contribution in [3.8, 4) is 5.75 Å². The number of carbonyl (C=O) groups is 1. The van der Waals surface area contributed by atoms with Crippen LogP contribution in [0.15, 0.2) is 36.4 Å². The van der Waals surface area contributed by atoms with E-state index in [1.807, 2.05) is 0 Å². The summed E-state index contributed by atoms with van der Waals surface area (Å²) < 4.78 is 83.2. The summed E-state index contributed by atoms with van der Waals surface area (Å²) in [6.45, 7) is -0.377. The van der Waals surface area contributed by atoms with E-state index in [0.29, 0.717) is 18.9 Å². The van der Waals surface area contributed by atoms with E-state index in [-0.39, 0.29) is 16.9 Å². The number of rotatable bonds is 7. The molecule has 2 aromatic carbocycles. The van der Waals surface area contributed by atoms with Gasteiger partial charge in [0.25, 0.3) is 0 Å². The second-order valence-electron chi connectivity index (χ2n) is 7.75. The van der Waals surface area contributed by atoms with Gasteiger partial charge in [-0.2, -0.15) is 13.2 Å². The van der Waals surface area contributed by atoms with Crippen molar-refractivity contribution >= 4 is 5.91 Å². The highest BCUT2D eigenvalue weighted by Crippen LogP contribution is 2.47. The number of benzene rings is 2. The Kier molecular flexibility index (Phi) is 5.96. The van der Waals surface area contributed by atoms with Crippen LogP contribution in [-0.4, -0.2) is 23.8 Å². The Morgan fingerprint density at radius 2 is 1.77 bits per heavy atom. The third-order valence-electron chi connectivity index (χ3n) is 5.00. The first kappa shape index (κ1) is 22.9. The maximum absolute atomic E-state index is 14.4. The summed E-state index contributed by atoms with van der Waals surface area (Å²) in [5.74, 6) is -3.57. The van der Waals surface area contributed by atoms with Crippen molar-refractivity contribution in [1.82, 2.24) is 5.32 Å². The number of nitrogens with one attached hydrogen (secondary N) is 1. The van der Waals surface area contributed by atoms with Gasteiger partial charge < -0.3 is 15.2 Å². The van der Waals surface area contributed by atoms with Crippen molar-refractivity contribution < 1.29 is 41.0 Å². The van der Waals surface area contributed by atoms with Crippen molar-refractivity contribution in [3.05, 3.63) is 65.0 Å². The van der Waals surface area contributed by atoms with Gasteiger partial charge in [0.15, 0.2) is 6.61 Å². The summed E-state index contributed by atoms with van der Waals surface area (Å²) in [7, 11) is 0. The van der Waals surface area contributed by atoms with E-state index in [1.165, 1.54) is 6.92 Å². The highest BCUT2D eigenvalue weighted by molar-refractivity contribution is 5.79. The van der Waals surface area contributed by atoms with Crippen LogP contribution in [0.25, 0.3) is 0 Å². The Labute approximate surface area is 173 Å². The molecule has 4 nitrogen and oxygen atoms in total. The van der Waals surface area contributed by atoms with E-state index < -0.39 is 53.7 Å². The molecule has 0 heterocycles. The monoisotopic (exact) mass is 447 g/mol. The topological polar surface area (TPSA) is 58.6 Å². The molecular formula is C21H19F6NO3. The largest absolute Gasteiger partial charge is 0.484 e. The van der Waals surface area contributed by atoms with Crippen LogP contribution in [0.3, 0.4) is 0 Å². The standard InChI is InChI=1S/C21H19F6NO3/c1-19(30,14-4-2-12(22)8-17(14)24)10-18(29)28-20(6-7-20)15-9-13(3-5-16(15)23)31-11-21(25,26)27/h2-5,8-9,30H,6-7,10-11H2,1H3,(H,28,29)/t19-/m1/s1. The van der Waals surface area contributed by atoms with Crippen LogP contribution in [0.5, 0.6) is 5.75 Å². The van der Waals surface area contributed by atoms with Crippen LogP contribution in [-0.2, 0) is 15.9 Å². The minimum absolute atomic E-state index is 0.0480. The highest BCUT2D eigenvalue weighted by atomic mass is 19.4. The molecule has 0 saturated heterocycles. The highest BCUT2D eigenvalue weighted by Gasteiger charge is 2.48. The van der Waals surface area contributed by atoms with Crippen molar-refractivity contribution in [1.29, 1.82) is 0 Å². The smallest absolute Gasteiger partial charge is 0.422 e. The number of halogens is 6. The zero-order valence-electron chi connectivity index (χ0n) is 16.3. The zero-order chi connectivity index (χ0) is 23.0. The predicted molar refractivity (Wildman–Crippen MR) is 97.6 cm³/mol. The summed E-state index contributed by atoms with van der Waals surface area (Å²) in [6.07, 6.45) is -4.55. The molecule has 168 valence electrons. The van der Waals surface area contributed by atoms with E-state index in [1.54, 1.807) is 0 Å². The van der Waals surface area contributed by atoms with Crippen LogP contribution in [0.1, 0.15) is 37.3 Å². The first-order valence-electron chi connectivity index (χ1n) is 9.30. The SMILES string of the molecule is C[C@@](O)(CC(=O)NC1(c2cc(OCC(F)(F)F)ccc2F)CC1)c1ccc(F)cc1F. The molecule has 0 aliphatic heterocycles. The fourth-order valence-electron chi connectivity index (χ4n) is 3.36. The molecule has 0 aromatic heterocycles. The number of hydrogen-bond acceptors (Lipinski definition) is 3. The molecule has 0 unspecified atom stereocenters. The maximum atomic E-state index is 14.4. The Balaban J connectivity index is 1.74. The quantitative estimate of drug-likeness (QED) is 0.617. The Morgan fingerprint density at radius 1 is 1.10 bits per heavy atom. The number of amides is 1. The molecule has 1 fully saturated rings. The van der Waals surface area contributed by atoms with Gasteiger partial charge in [0, 0.05) is 17.2 Å². The number of carbonyl (C=O) groups excluding carboxylic acids is 1. The number of alkyl halides is 3. The van der Waals surface area contributed by atoms with Crippen molar-refractivity contribution in [2.75, 3.05) is 6.61 Å². The van der Waals surface area contributed by atoms with Gasteiger partial charge in [-0.05, 0) is 44.0 Å². The lowest BCUT2D eigenvalue weighted by Gasteiger charge is -2.26. The van der Waals surface area contributed by atoms with Crippen molar-refractivity contribution in [2.24, 2.45) is 0 Å². The van der Waals surface area contributed by atoms with Gasteiger partial charge in [-0.25, -0.2) is 13.2 Å². The molecule has 1 aliphatic rings. The lowest BCUT2D eigenvalue weighted by Crippen LogP contribution is -2.39. The van der Waals surface area contributed by atoms with Crippen LogP contribution in [0, 0.1) is 17.5 Å². The van der Waals surface area contributed by atoms with Gasteiger partial charge in [-0.3, -0.25) is 4.79 Å². The van der Waals surface area contributed by atoms with E-state index >= 15 is 0 Å². The second kappa shape index (κ2) is 8.07. The van der Waals surface area contributed by atoms with Crippen molar-refractivity contribution in [2.45, 2.75) is 43.5 Å². The molecule has 31 heavy (non-hydrogen) atoms. The summed E-state index contributed by atoms with van der Waals surface area (Å²) in [6, 6.07) is 5.61. The molecule has 2 N–H and O–H groups in total. The number of hydrogen-bond donors (Lipinski definition) is 2. The van der Waals surface area contributed by atoms with Crippen LogP contribution in [0.4, 0.5) is 26.3 Å². The lowest BCUT2D eigenvalue weighted by molar-refractivity contribution is -0.153. The minimum Gasteiger partial charge on any atom is -0.484 e. The first-order chi connectivity index (χ1) is 14.3. The molecule has 0 bridgehead atoms. The average Bonchev–Trinajstić information content (AvgIpc) is 3.39. The zero-order valence-corrected chi connectivity index (χ0v) is 16.3. The fourth-order valence-corrected chi connectivity index (χ4v) is 3.36. The van der Waals surface area contributed by atoms with E-state index in [2.05, 4.69) is 10.1 Å². The molecular weight excluding hydrogens is 428 g/mol. The summed E-state index contributed by atoms with van der Waals surface area (Å²) >= 11 is 0. The average molecular weight is 447 g/mol. The molecule has 1 aliphatic carbocycles. The third kappa shape index (κ3) is 5.49. The molecule has 0 radical (unpaired) electrons. The van der Waals surface area contributed by atoms with Crippen LogP contribution in [0.2, 0.25) is 0 Å². The normalized spacial score (nSPS) is 17.0. The van der Waals surface area contributed by atoms with Gasteiger partial charge in [-0.1, -0.05) is 6.07 Å². The van der Waals surface area contributed by atoms with Gasteiger partial charge in [0.2, 0.25) is 5.91 Å². The Morgan fingerprint density at radius 3 is 2.35 bits per heavy atom. The predicted octanol–water partition coefficient (Wildman–Crippen LogP) is 4.45. The molecule has 1 amide bonds. The molecule has 2 aromatic rings. The number of ether oxygens (including phenoxy) is 1. The molecule has 1 atom stereocenters. The molecule has 0 spiro atoms. The lowest BCUT2D eigenvalue weighted by atomic mass is 9.91. The molecule has 10 heteroatoms. The summed E-state index contributed by atoms with van der Waals surface area (Å²) in [5.41, 5.74) is -3.49. The third-order valence-corrected chi connectivity index (χ3v) is 5.00. The van der Waals surface area contributed by atoms with E-state index in [0.717, 1.165) is 30.3 Å². The summed E-state index contributed by atoms with van der Waals surface area (Å²) in [5, 5.41) is 13.1. The van der Waals surface area contributed by atoms with Gasteiger partial charge in [0.1, 0.15) is 23.2 Å². The van der Waals surface area contributed by atoms with Gasteiger partial charge >= 0.3 is 6.18 Å². The maximum Gasteiger partial charge on any atom is 0.422 e. The van der Waals surface area contributed by atoms with Crippen molar-refractivity contribution in [3.63, 3.8) is 0 Å². The molecule has 3 rings (SSSR count).